The number of hydrogen-bond donors (Lipinski definition) is 1. The molecule has 1 amide bonds. The van der Waals surface area contributed by atoms with Crippen LogP contribution in [0.15, 0.2) is 41.3 Å². The van der Waals surface area contributed by atoms with Crippen molar-refractivity contribution in [3.05, 3.63) is 46.2 Å². The number of thiophene rings is 1. The maximum atomic E-state index is 12.0. The number of aryl methyl sites for hydroxylation is 1. The molecule has 2 aromatic rings. The van der Waals surface area contributed by atoms with Crippen LogP contribution in [0.4, 0.5) is 5.69 Å². The van der Waals surface area contributed by atoms with Gasteiger partial charge < -0.3 is 5.32 Å². The van der Waals surface area contributed by atoms with Gasteiger partial charge in [0.05, 0.1) is 10.6 Å². The van der Waals surface area contributed by atoms with Gasteiger partial charge in [0.1, 0.15) is 0 Å². The Morgan fingerprint density at radius 3 is 2.65 bits per heavy atom. The fourth-order valence-corrected chi connectivity index (χ4v) is 2.80. The molecule has 1 heterocycles. The Morgan fingerprint density at radius 2 is 2.00 bits per heavy atom. The zero-order valence-electron chi connectivity index (χ0n) is 9.69. The summed E-state index contributed by atoms with van der Waals surface area (Å²) in [5.74, 6) is -0.0374. The zero-order chi connectivity index (χ0) is 12.3. The van der Waals surface area contributed by atoms with E-state index in [0.717, 1.165) is 20.3 Å². The standard InChI is InChI=1S/C13H13NOS2/c1-9-7-8-12(17-9)13(15)14-10-5-3-4-6-11(10)16-2/h3-8H,1-2H3,(H,14,15). The van der Waals surface area contributed by atoms with Gasteiger partial charge in [-0.15, -0.1) is 23.1 Å². The summed E-state index contributed by atoms with van der Waals surface area (Å²) in [5.41, 5.74) is 0.871. The quantitative estimate of drug-likeness (QED) is 0.847. The molecule has 1 aromatic carbocycles. The van der Waals surface area contributed by atoms with E-state index in [1.54, 1.807) is 11.8 Å². The normalized spacial score (nSPS) is 10.2. The van der Waals surface area contributed by atoms with Gasteiger partial charge in [-0.3, -0.25) is 4.79 Å². The number of anilines is 1. The highest BCUT2D eigenvalue weighted by atomic mass is 32.2. The molecule has 0 spiro atoms. The van der Waals surface area contributed by atoms with E-state index < -0.39 is 0 Å². The number of thioether (sulfide) groups is 1. The van der Waals surface area contributed by atoms with E-state index in [2.05, 4.69) is 5.32 Å². The average Bonchev–Trinajstić information content (AvgIpc) is 2.77. The summed E-state index contributed by atoms with van der Waals surface area (Å²) in [5, 5.41) is 2.94. The van der Waals surface area contributed by atoms with Crippen molar-refractivity contribution >= 4 is 34.7 Å². The van der Waals surface area contributed by atoms with Gasteiger partial charge in [0.25, 0.3) is 5.91 Å². The van der Waals surface area contributed by atoms with E-state index in [0.29, 0.717) is 0 Å². The average molecular weight is 263 g/mol. The maximum Gasteiger partial charge on any atom is 0.265 e. The molecule has 0 aliphatic carbocycles. The summed E-state index contributed by atoms with van der Waals surface area (Å²) in [6.45, 7) is 2.00. The van der Waals surface area contributed by atoms with Crippen molar-refractivity contribution in [2.75, 3.05) is 11.6 Å². The third-order valence-electron chi connectivity index (χ3n) is 2.32. The summed E-state index contributed by atoms with van der Waals surface area (Å²) < 4.78 is 0. The highest BCUT2D eigenvalue weighted by Gasteiger charge is 2.09. The Balaban J connectivity index is 2.18. The Bertz CT molecular complexity index is 534. The summed E-state index contributed by atoms with van der Waals surface area (Å²) in [7, 11) is 0. The van der Waals surface area contributed by atoms with E-state index in [4.69, 9.17) is 0 Å². The van der Waals surface area contributed by atoms with Crippen LogP contribution >= 0.6 is 23.1 Å². The van der Waals surface area contributed by atoms with Crippen LogP contribution in [0.2, 0.25) is 0 Å². The predicted molar refractivity (Wildman–Crippen MR) is 75.2 cm³/mol. The third-order valence-corrected chi connectivity index (χ3v) is 4.11. The van der Waals surface area contributed by atoms with Crippen molar-refractivity contribution in [3.8, 4) is 0 Å². The van der Waals surface area contributed by atoms with Crippen molar-refractivity contribution in [1.82, 2.24) is 0 Å². The van der Waals surface area contributed by atoms with E-state index in [1.807, 2.05) is 49.6 Å². The molecular formula is C13H13NOS2. The Morgan fingerprint density at radius 1 is 1.24 bits per heavy atom. The molecule has 4 heteroatoms. The smallest absolute Gasteiger partial charge is 0.265 e. The lowest BCUT2D eigenvalue weighted by Gasteiger charge is -2.07. The minimum atomic E-state index is -0.0374. The molecule has 0 saturated carbocycles. The maximum absolute atomic E-state index is 12.0. The van der Waals surface area contributed by atoms with Crippen LogP contribution in [-0.4, -0.2) is 12.2 Å². The minimum Gasteiger partial charge on any atom is -0.320 e. The fourth-order valence-electron chi connectivity index (χ4n) is 1.49. The largest absolute Gasteiger partial charge is 0.320 e. The number of para-hydroxylation sites is 1. The summed E-state index contributed by atoms with van der Waals surface area (Å²) >= 11 is 3.14. The van der Waals surface area contributed by atoms with Gasteiger partial charge >= 0.3 is 0 Å². The molecule has 0 atom stereocenters. The summed E-state index contributed by atoms with van der Waals surface area (Å²) in [4.78, 5) is 15.0. The Labute approximate surface area is 109 Å². The first kappa shape index (κ1) is 12.2. The van der Waals surface area contributed by atoms with Crippen LogP contribution in [-0.2, 0) is 0 Å². The zero-order valence-corrected chi connectivity index (χ0v) is 11.3. The molecule has 17 heavy (non-hydrogen) atoms. The number of rotatable bonds is 3. The van der Waals surface area contributed by atoms with Gasteiger partial charge in [0.2, 0.25) is 0 Å². The number of carbonyl (C=O) groups is 1. The molecule has 1 aromatic heterocycles. The molecule has 2 nitrogen and oxygen atoms in total. The fraction of sp³-hybridized carbons (Fsp3) is 0.154. The van der Waals surface area contributed by atoms with E-state index in [1.165, 1.54) is 11.3 Å². The molecule has 2 rings (SSSR count). The van der Waals surface area contributed by atoms with Crippen LogP contribution in [0.25, 0.3) is 0 Å². The van der Waals surface area contributed by atoms with Gasteiger partial charge in [-0.1, -0.05) is 12.1 Å². The topological polar surface area (TPSA) is 29.1 Å². The Hall–Kier alpha value is -1.26. The molecule has 0 aliphatic rings. The van der Waals surface area contributed by atoms with Crippen LogP contribution in [0.3, 0.4) is 0 Å². The molecule has 0 saturated heterocycles. The second-order valence-corrected chi connectivity index (χ2v) is 5.70. The van der Waals surface area contributed by atoms with Crippen molar-refractivity contribution in [2.24, 2.45) is 0 Å². The molecule has 0 bridgehead atoms. The minimum absolute atomic E-state index is 0.0374. The molecule has 0 unspecified atom stereocenters. The Kier molecular flexibility index (Phi) is 3.86. The summed E-state index contributed by atoms with van der Waals surface area (Å²) in [6, 6.07) is 11.6. The first-order chi connectivity index (χ1) is 8.20. The number of amides is 1. The predicted octanol–water partition coefficient (Wildman–Crippen LogP) is 4.03. The molecular weight excluding hydrogens is 250 g/mol. The van der Waals surface area contributed by atoms with Gasteiger partial charge in [-0.25, -0.2) is 0 Å². The second-order valence-electron chi connectivity index (χ2n) is 3.56. The highest BCUT2D eigenvalue weighted by Crippen LogP contribution is 2.25. The third kappa shape index (κ3) is 2.90. The van der Waals surface area contributed by atoms with Crippen molar-refractivity contribution in [3.63, 3.8) is 0 Å². The number of benzene rings is 1. The summed E-state index contributed by atoms with van der Waals surface area (Å²) in [6.07, 6.45) is 2.00. The lowest BCUT2D eigenvalue weighted by atomic mass is 10.3. The number of carbonyl (C=O) groups excluding carboxylic acids is 1. The van der Waals surface area contributed by atoms with Crippen molar-refractivity contribution in [2.45, 2.75) is 11.8 Å². The second kappa shape index (κ2) is 5.38. The molecule has 0 fully saturated rings. The van der Waals surface area contributed by atoms with Crippen LogP contribution in [0, 0.1) is 6.92 Å². The molecule has 0 radical (unpaired) electrons. The first-order valence-corrected chi connectivity index (χ1v) is 7.25. The lowest BCUT2D eigenvalue weighted by molar-refractivity contribution is 0.103. The van der Waals surface area contributed by atoms with Gasteiger partial charge in [0.15, 0.2) is 0 Å². The van der Waals surface area contributed by atoms with Crippen molar-refractivity contribution < 1.29 is 4.79 Å². The monoisotopic (exact) mass is 263 g/mol. The van der Waals surface area contributed by atoms with Gasteiger partial charge in [-0.05, 0) is 37.4 Å². The number of hydrogen-bond acceptors (Lipinski definition) is 3. The SMILES string of the molecule is CSc1ccccc1NC(=O)c1ccc(C)s1. The molecule has 1 N–H and O–H groups in total. The van der Waals surface area contributed by atoms with Crippen LogP contribution in [0.1, 0.15) is 14.5 Å². The van der Waals surface area contributed by atoms with E-state index in [9.17, 15) is 4.79 Å². The highest BCUT2D eigenvalue weighted by molar-refractivity contribution is 7.98. The molecule has 0 aliphatic heterocycles. The van der Waals surface area contributed by atoms with Gasteiger partial charge in [0, 0.05) is 9.77 Å². The van der Waals surface area contributed by atoms with Crippen molar-refractivity contribution in [1.29, 1.82) is 0 Å². The lowest BCUT2D eigenvalue weighted by Crippen LogP contribution is -2.10. The van der Waals surface area contributed by atoms with Gasteiger partial charge in [-0.2, -0.15) is 0 Å². The first-order valence-electron chi connectivity index (χ1n) is 5.21. The molecule has 88 valence electrons. The van der Waals surface area contributed by atoms with E-state index >= 15 is 0 Å². The van der Waals surface area contributed by atoms with Crippen LogP contribution in [0.5, 0.6) is 0 Å². The van der Waals surface area contributed by atoms with E-state index in [-0.39, 0.29) is 5.91 Å². The van der Waals surface area contributed by atoms with Crippen LogP contribution < -0.4 is 5.32 Å². The number of nitrogens with one attached hydrogen (secondary N) is 1.